The summed E-state index contributed by atoms with van der Waals surface area (Å²) >= 11 is 0. The van der Waals surface area contributed by atoms with Crippen LogP contribution in [-0.2, 0) is 14.4 Å². The predicted octanol–water partition coefficient (Wildman–Crippen LogP) is 0.888. The van der Waals surface area contributed by atoms with E-state index in [1.54, 1.807) is 4.90 Å². The van der Waals surface area contributed by atoms with Crippen molar-refractivity contribution in [2.75, 3.05) is 6.54 Å². The molecule has 6 heteroatoms. The van der Waals surface area contributed by atoms with Crippen molar-refractivity contribution in [3.8, 4) is 0 Å². The highest BCUT2D eigenvalue weighted by atomic mass is 16.4. The van der Waals surface area contributed by atoms with Crippen LogP contribution in [0.2, 0.25) is 0 Å². The van der Waals surface area contributed by atoms with Crippen LogP contribution in [0.1, 0.15) is 51.4 Å². The van der Waals surface area contributed by atoms with Crippen LogP contribution < -0.4 is 5.73 Å². The normalized spacial score (nSPS) is 24.8. The Morgan fingerprint density at radius 3 is 2.35 bits per heavy atom. The van der Waals surface area contributed by atoms with Crippen molar-refractivity contribution in [1.29, 1.82) is 0 Å². The van der Waals surface area contributed by atoms with Gasteiger partial charge in [0.25, 0.3) is 0 Å². The number of amides is 2. The number of carbonyl (C=O) groups is 3. The smallest absolute Gasteiger partial charge is 0.303 e. The molecular formula is C14H22N2O4. The van der Waals surface area contributed by atoms with Gasteiger partial charge in [-0.25, -0.2) is 0 Å². The molecule has 3 N–H and O–H groups in total. The molecule has 0 spiro atoms. The van der Waals surface area contributed by atoms with Crippen LogP contribution in [0.5, 0.6) is 0 Å². The van der Waals surface area contributed by atoms with Crippen molar-refractivity contribution in [3.63, 3.8) is 0 Å². The average molecular weight is 282 g/mol. The Morgan fingerprint density at radius 1 is 1.15 bits per heavy atom. The van der Waals surface area contributed by atoms with Crippen molar-refractivity contribution < 1.29 is 19.5 Å². The van der Waals surface area contributed by atoms with E-state index in [1.807, 2.05) is 0 Å². The first-order valence-corrected chi connectivity index (χ1v) is 7.24. The van der Waals surface area contributed by atoms with E-state index in [0.29, 0.717) is 13.0 Å². The Kier molecular flexibility index (Phi) is 4.30. The van der Waals surface area contributed by atoms with E-state index in [2.05, 4.69) is 0 Å². The van der Waals surface area contributed by atoms with Crippen LogP contribution in [0.25, 0.3) is 0 Å². The molecule has 0 radical (unpaired) electrons. The number of rotatable bonds is 5. The Balaban J connectivity index is 2.05. The molecule has 2 rings (SSSR count). The minimum Gasteiger partial charge on any atom is -0.481 e. The molecule has 6 nitrogen and oxygen atoms in total. The van der Waals surface area contributed by atoms with E-state index in [0.717, 1.165) is 32.1 Å². The molecule has 1 unspecified atom stereocenters. The molecule has 1 heterocycles. The summed E-state index contributed by atoms with van der Waals surface area (Å²) < 4.78 is 0. The van der Waals surface area contributed by atoms with Crippen LogP contribution in [-0.4, -0.2) is 40.4 Å². The van der Waals surface area contributed by atoms with Crippen molar-refractivity contribution in [2.24, 2.45) is 11.1 Å². The molecule has 0 bridgehead atoms. The van der Waals surface area contributed by atoms with Crippen LogP contribution in [0.3, 0.4) is 0 Å². The van der Waals surface area contributed by atoms with Gasteiger partial charge in [-0.15, -0.1) is 0 Å². The molecule has 1 saturated heterocycles. The number of hydrogen-bond donors (Lipinski definition) is 2. The predicted molar refractivity (Wildman–Crippen MR) is 71.7 cm³/mol. The second kappa shape index (κ2) is 5.81. The monoisotopic (exact) mass is 282 g/mol. The van der Waals surface area contributed by atoms with Crippen LogP contribution in [0, 0.1) is 5.41 Å². The van der Waals surface area contributed by atoms with Gasteiger partial charge in [-0.3, -0.25) is 14.4 Å². The zero-order chi connectivity index (χ0) is 14.8. The Hall–Kier alpha value is -1.59. The first-order valence-electron chi connectivity index (χ1n) is 7.24. The highest BCUT2D eigenvalue weighted by Gasteiger charge is 2.41. The summed E-state index contributed by atoms with van der Waals surface area (Å²) in [7, 11) is 0. The largest absolute Gasteiger partial charge is 0.481 e. The highest BCUT2D eigenvalue weighted by molar-refractivity contribution is 5.87. The van der Waals surface area contributed by atoms with Crippen LogP contribution in [0.15, 0.2) is 0 Å². The molecule has 20 heavy (non-hydrogen) atoms. The summed E-state index contributed by atoms with van der Waals surface area (Å²) in [6.07, 6.45) is 5.16. The molecular weight excluding hydrogens is 260 g/mol. The fourth-order valence-corrected chi connectivity index (χ4v) is 3.65. The highest BCUT2D eigenvalue weighted by Crippen LogP contribution is 2.44. The molecule has 0 aromatic rings. The van der Waals surface area contributed by atoms with Gasteiger partial charge in [0.2, 0.25) is 11.8 Å². The maximum Gasteiger partial charge on any atom is 0.303 e. The van der Waals surface area contributed by atoms with Gasteiger partial charge in [0.1, 0.15) is 6.04 Å². The van der Waals surface area contributed by atoms with Gasteiger partial charge in [-0.05, 0) is 31.1 Å². The number of nitrogens with two attached hydrogens (primary N) is 1. The maximum atomic E-state index is 12.4. The molecule has 0 aromatic heterocycles. The number of likely N-dealkylation sites (tertiary alicyclic amines) is 1. The number of carboxylic acid groups (broad SMARTS) is 1. The third-order valence-corrected chi connectivity index (χ3v) is 4.62. The van der Waals surface area contributed by atoms with E-state index >= 15 is 0 Å². The summed E-state index contributed by atoms with van der Waals surface area (Å²) in [5, 5.41) is 9.06. The van der Waals surface area contributed by atoms with E-state index in [1.165, 1.54) is 0 Å². The van der Waals surface area contributed by atoms with Crippen molar-refractivity contribution in [3.05, 3.63) is 0 Å². The fraction of sp³-hybridized carbons (Fsp3) is 0.786. The molecule has 1 atom stereocenters. The van der Waals surface area contributed by atoms with E-state index in [4.69, 9.17) is 10.8 Å². The lowest BCUT2D eigenvalue weighted by molar-refractivity contribution is -0.143. The lowest BCUT2D eigenvalue weighted by atomic mass is 9.79. The van der Waals surface area contributed by atoms with E-state index in [9.17, 15) is 14.4 Å². The van der Waals surface area contributed by atoms with Crippen molar-refractivity contribution in [1.82, 2.24) is 4.90 Å². The second-order valence-corrected chi connectivity index (χ2v) is 6.10. The van der Waals surface area contributed by atoms with Crippen molar-refractivity contribution in [2.45, 2.75) is 57.4 Å². The summed E-state index contributed by atoms with van der Waals surface area (Å²) in [6, 6.07) is -0.509. The summed E-state index contributed by atoms with van der Waals surface area (Å²) in [4.78, 5) is 36.4. The molecule has 2 aliphatic rings. The lowest BCUT2D eigenvalue weighted by Crippen LogP contribution is -2.45. The summed E-state index contributed by atoms with van der Waals surface area (Å²) in [5.74, 6) is -1.43. The number of nitrogens with zero attached hydrogens (tertiary/aromatic N) is 1. The van der Waals surface area contributed by atoms with Gasteiger partial charge in [0, 0.05) is 13.0 Å². The number of hydrogen-bond acceptors (Lipinski definition) is 3. The number of carbonyl (C=O) groups excluding carboxylic acids is 2. The number of primary amides is 1. The minimum atomic E-state index is -0.854. The third-order valence-electron chi connectivity index (χ3n) is 4.62. The van der Waals surface area contributed by atoms with Gasteiger partial charge < -0.3 is 15.7 Å². The lowest BCUT2D eigenvalue weighted by Gasteiger charge is -2.30. The average Bonchev–Trinajstić information content (AvgIpc) is 2.96. The molecule has 112 valence electrons. The zero-order valence-electron chi connectivity index (χ0n) is 11.6. The molecule has 1 aliphatic heterocycles. The zero-order valence-corrected chi connectivity index (χ0v) is 11.6. The second-order valence-electron chi connectivity index (χ2n) is 6.10. The number of carboxylic acids is 1. The van der Waals surface area contributed by atoms with Gasteiger partial charge >= 0.3 is 5.97 Å². The molecule has 1 aliphatic carbocycles. The maximum absolute atomic E-state index is 12.4. The Labute approximate surface area is 118 Å². The first-order chi connectivity index (χ1) is 9.43. The summed E-state index contributed by atoms with van der Waals surface area (Å²) in [6.45, 7) is 0.551. The molecule has 1 saturated carbocycles. The van der Waals surface area contributed by atoms with Crippen LogP contribution in [0.4, 0.5) is 0 Å². The van der Waals surface area contributed by atoms with E-state index < -0.39 is 23.3 Å². The van der Waals surface area contributed by atoms with Gasteiger partial charge in [-0.2, -0.15) is 0 Å². The quantitative estimate of drug-likeness (QED) is 0.781. The topological polar surface area (TPSA) is 101 Å². The summed E-state index contributed by atoms with van der Waals surface area (Å²) in [5.41, 5.74) is 4.90. The minimum absolute atomic E-state index is 0.0355. The molecule has 2 amide bonds. The first kappa shape index (κ1) is 14.8. The standard InChI is InChI=1S/C14H22N2O4/c15-13(20)10-4-3-7-16(10)11(17)8-14(9-12(18)19)5-1-2-6-14/h10H,1-9H2,(H2,15,20)(H,18,19). The van der Waals surface area contributed by atoms with Gasteiger partial charge in [0.15, 0.2) is 0 Å². The number of aliphatic carboxylic acids is 1. The van der Waals surface area contributed by atoms with Gasteiger partial charge in [-0.1, -0.05) is 12.8 Å². The fourth-order valence-electron chi connectivity index (χ4n) is 3.65. The van der Waals surface area contributed by atoms with E-state index in [-0.39, 0.29) is 18.7 Å². The Bertz CT molecular complexity index is 415. The van der Waals surface area contributed by atoms with Crippen molar-refractivity contribution >= 4 is 17.8 Å². The SMILES string of the molecule is NC(=O)C1CCCN1C(=O)CC1(CC(=O)O)CCCC1. The van der Waals surface area contributed by atoms with Crippen LogP contribution >= 0.6 is 0 Å². The molecule has 0 aromatic carbocycles. The van der Waals surface area contributed by atoms with Gasteiger partial charge in [0.05, 0.1) is 6.42 Å². The Morgan fingerprint density at radius 2 is 1.80 bits per heavy atom. The molecule has 2 fully saturated rings. The third kappa shape index (κ3) is 3.11.